The average molecular weight is 152 g/mol. The van der Waals surface area contributed by atoms with E-state index in [4.69, 9.17) is 5.11 Å². The zero-order chi connectivity index (χ0) is 7.23. The van der Waals surface area contributed by atoms with E-state index < -0.39 is 0 Å². The van der Waals surface area contributed by atoms with E-state index in [2.05, 4.69) is 12.0 Å². The summed E-state index contributed by atoms with van der Waals surface area (Å²) in [6, 6.07) is 4.09. The van der Waals surface area contributed by atoms with Crippen LogP contribution in [-0.2, 0) is 6.42 Å². The molecule has 0 aromatic carbocycles. The molecule has 0 amide bonds. The van der Waals surface area contributed by atoms with Crippen LogP contribution in [0, 0.1) is 12.0 Å². The van der Waals surface area contributed by atoms with Gasteiger partial charge in [-0.15, -0.1) is 11.3 Å². The van der Waals surface area contributed by atoms with E-state index in [0.29, 0.717) is 0 Å². The van der Waals surface area contributed by atoms with Crippen molar-refractivity contribution in [3.63, 3.8) is 0 Å². The van der Waals surface area contributed by atoms with Gasteiger partial charge in [-0.25, -0.2) is 0 Å². The molecule has 0 saturated heterocycles. The van der Waals surface area contributed by atoms with Crippen molar-refractivity contribution < 1.29 is 5.11 Å². The first-order valence-electron chi connectivity index (χ1n) is 3.08. The van der Waals surface area contributed by atoms with Gasteiger partial charge in [0.1, 0.15) is 6.11 Å². The summed E-state index contributed by atoms with van der Waals surface area (Å²) in [4.78, 5) is 1.32. The Kier molecular flexibility index (Phi) is 2.85. The van der Waals surface area contributed by atoms with Crippen LogP contribution in [0.2, 0.25) is 0 Å². The third-order valence-corrected chi connectivity index (χ3v) is 2.09. The summed E-state index contributed by atoms with van der Waals surface area (Å²) in [5.41, 5.74) is 0. The molecule has 1 aromatic heterocycles. The standard InChI is InChI=1S/C8H8OS/c9-6-2-1-4-8-5-3-7-10-8/h3,5,7,9H,1,4H2. The molecule has 0 bridgehead atoms. The Bertz CT molecular complexity index is 228. The summed E-state index contributed by atoms with van der Waals surface area (Å²) in [7, 11) is 0. The van der Waals surface area contributed by atoms with Gasteiger partial charge in [-0.2, -0.15) is 0 Å². The largest absolute Gasteiger partial charge is 0.462 e. The topological polar surface area (TPSA) is 20.2 Å². The minimum atomic E-state index is 0.747. The first kappa shape index (κ1) is 7.17. The van der Waals surface area contributed by atoms with Crippen LogP contribution in [0.4, 0.5) is 0 Å². The van der Waals surface area contributed by atoms with Crippen LogP contribution in [-0.4, -0.2) is 5.11 Å². The van der Waals surface area contributed by atoms with Gasteiger partial charge in [-0.05, 0) is 17.9 Å². The van der Waals surface area contributed by atoms with E-state index in [-0.39, 0.29) is 0 Å². The molecule has 1 heterocycles. The minimum absolute atomic E-state index is 0.747. The fourth-order valence-corrected chi connectivity index (χ4v) is 1.41. The second kappa shape index (κ2) is 3.97. The maximum atomic E-state index is 8.14. The van der Waals surface area contributed by atoms with Crippen molar-refractivity contribution in [3.05, 3.63) is 22.4 Å². The fraction of sp³-hybridized carbons (Fsp3) is 0.250. The first-order chi connectivity index (χ1) is 4.93. The van der Waals surface area contributed by atoms with E-state index in [1.165, 1.54) is 4.88 Å². The van der Waals surface area contributed by atoms with Crippen molar-refractivity contribution >= 4 is 11.3 Å². The lowest BCUT2D eigenvalue weighted by Crippen LogP contribution is -1.75. The van der Waals surface area contributed by atoms with Crippen molar-refractivity contribution in [2.45, 2.75) is 12.8 Å². The normalized spacial score (nSPS) is 8.40. The van der Waals surface area contributed by atoms with Crippen LogP contribution >= 0.6 is 11.3 Å². The highest BCUT2D eigenvalue weighted by molar-refractivity contribution is 7.09. The lowest BCUT2D eigenvalue weighted by atomic mass is 10.3. The third-order valence-electron chi connectivity index (χ3n) is 1.16. The Labute approximate surface area is 64.3 Å². The summed E-state index contributed by atoms with van der Waals surface area (Å²) < 4.78 is 0. The predicted molar refractivity (Wildman–Crippen MR) is 42.4 cm³/mol. The molecule has 0 aliphatic rings. The van der Waals surface area contributed by atoms with E-state index in [1.807, 2.05) is 17.6 Å². The number of aliphatic hydroxyl groups is 1. The molecule has 0 spiro atoms. The van der Waals surface area contributed by atoms with E-state index in [1.54, 1.807) is 11.3 Å². The zero-order valence-corrected chi connectivity index (χ0v) is 6.32. The van der Waals surface area contributed by atoms with Crippen molar-refractivity contribution in [1.82, 2.24) is 0 Å². The Balaban J connectivity index is 2.32. The molecular formula is C8H8OS. The van der Waals surface area contributed by atoms with Crippen LogP contribution in [0.25, 0.3) is 0 Å². The molecule has 1 rings (SSSR count). The molecule has 10 heavy (non-hydrogen) atoms. The average Bonchev–Trinajstić information content (AvgIpc) is 2.41. The molecule has 0 radical (unpaired) electrons. The Hall–Kier alpha value is -0.940. The third kappa shape index (κ3) is 2.12. The number of aryl methyl sites for hydroxylation is 1. The van der Waals surface area contributed by atoms with Crippen LogP contribution in [0.5, 0.6) is 0 Å². The SMILES string of the molecule is OC#CCCc1cccs1. The maximum absolute atomic E-state index is 8.14. The van der Waals surface area contributed by atoms with E-state index >= 15 is 0 Å². The highest BCUT2D eigenvalue weighted by Gasteiger charge is 1.89. The summed E-state index contributed by atoms with van der Waals surface area (Å²) in [6.45, 7) is 0. The van der Waals surface area contributed by atoms with Gasteiger partial charge in [0.05, 0.1) is 0 Å². The van der Waals surface area contributed by atoms with Crippen molar-refractivity contribution in [2.24, 2.45) is 0 Å². The van der Waals surface area contributed by atoms with Gasteiger partial charge in [0.25, 0.3) is 0 Å². The Morgan fingerprint density at radius 3 is 3.10 bits per heavy atom. The summed E-state index contributed by atoms with van der Waals surface area (Å²) in [6.07, 6.45) is 3.58. The van der Waals surface area contributed by atoms with Gasteiger partial charge < -0.3 is 5.11 Å². The lowest BCUT2D eigenvalue weighted by Gasteiger charge is -1.85. The number of hydrogen-bond acceptors (Lipinski definition) is 2. The second-order valence-electron chi connectivity index (χ2n) is 1.87. The molecule has 1 aromatic rings. The molecule has 1 nitrogen and oxygen atoms in total. The van der Waals surface area contributed by atoms with Crippen LogP contribution in [0.3, 0.4) is 0 Å². The lowest BCUT2D eigenvalue weighted by molar-refractivity contribution is 0.516. The van der Waals surface area contributed by atoms with Gasteiger partial charge in [-0.3, -0.25) is 0 Å². The maximum Gasteiger partial charge on any atom is 0.107 e. The molecule has 2 heteroatoms. The summed E-state index contributed by atoms with van der Waals surface area (Å²) in [5.74, 6) is 2.60. The highest BCUT2D eigenvalue weighted by atomic mass is 32.1. The second-order valence-corrected chi connectivity index (χ2v) is 2.90. The summed E-state index contributed by atoms with van der Waals surface area (Å²) >= 11 is 1.72. The molecule has 52 valence electrons. The molecule has 0 aliphatic carbocycles. The Morgan fingerprint density at radius 1 is 1.60 bits per heavy atom. The van der Waals surface area contributed by atoms with Crippen LogP contribution in [0.15, 0.2) is 17.5 Å². The molecule has 0 aliphatic heterocycles. The smallest absolute Gasteiger partial charge is 0.107 e. The van der Waals surface area contributed by atoms with Gasteiger partial charge in [0.15, 0.2) is 0 Å². The van der Waals surface area contributed by atoms with Gasteiger partial charge in [0, 0.05) is 11.3 Å². The van der Waals surface area contributed by atoms with E-state index in [0.717, 1.165) is 12.8 Å². The number of aliphatic hydroxyl groups excluding tert-OH is 1. The fourth-order valence-electron chi connectivity index (χ4n) is 0.696. The number of thiophene rings is 1. The van der Waals surface area contributed by atoms with E-state index in [9.17, 15) is 0 Å². The van der Waals surface area contributed by atoms with Crippen LogP contribution in [0.1, 0.15) is 11.3 Å². The quantitative estimate of drug-likeness (QED) is 0.643. The number of rotatable bonds is 2. The molecule has 1 N–H and O–H groups in total. The van der Waals surface area contributed by atoms with Gasteiger partial charge in [0.2, 0.25) is 0 Å². The first-order valence-corrected chi connectivity index (χ1v) is 3.96. The zero-order valence-electron chi connectivity index (χ0n) is 5.50. The van der Waals surface area contributed by atoms with Crippen molar-refractivity contribution in [2.75, 3.05) is 0 Å². The molecule has 0 fully saturated rings. The molecule has 0 atom stereocenters. The highest BCUT2D eigenvalue weighted by Crippen LogP contribution is 2.09. The van der Waals surface area contributed by atoms with Gasteiger partial charge >= 0.3 is 0 Å². The molecular weight excluding hydrogens is 144 g/mol. The van der Waals surface area contributed by atoms with Crippen molar-refractivity contribution in [3.8, 4) is 12.0 Å². The van der Waals surface area contributed by atoms with Crippen molar-refractivity contribution in [1.29, 1.82) is 0 Å². The minimum Gasteiger partial charge on any atom is -0.462 e. The predicted octanol–water partition coefficient (Wildman–Crippen LogP) is 2.01. The van der Waals surface area contributed by atoms with Gasteiger partial charge in [-0.1, -0.05) is 12.0 Å². The number of hydrogen-bond donors (Lipinski definition) is 1. The van der Waals surface area contributed by atoms with Crippen LogP contribution < -0.4 is 0 Å². The Morgan fingerprint density at radius 2 is 2.50 bits per heavy atom. The molecule has 0 unspecified atom stereocenters. The summed E-state index contributed by atoms with van der Waals surface area (Å²) in [5, 5.41) is 10.2. The molecule has 0 saturated carbocycles. The monoisotopic (exact) mass is 152 g/mol.